The van der Waals surface area contributed by atoms with Gasteiger partial charge in [0.25, 0.3) is 0 Å². The van der Waals surface area contributed by atoms with E-state index < -0.39 is 5.97 Å². The van der Waals surface area contributed by atoms with E-state index in [4.69, 9.17) is 4.74 Å². The first kappa shape index (κ1) is 29.9. The van der Waals surface area contributed by atoms with Crippen molar-refractivity contribution >= 4 is 5.97 Å². The van der Waals surface area contributed by atoms with Crippen molar-refractivity contribution in [2.75, 3.05) is 6.61 Å². The Bertz CT molecular complexity index is 844. The minimum absolute atomic E-state index is 0.305. The standard InChI is InChI=1S/C33H50O3/c1-3-4-5-6-7-8-9-10-11-12-13-14-15-16-17-21-26-36-32-30(27-29-22-19-18-20-23-29)25-24-28(2)31(32)33(34)35/h18-20,22-25H,3-17,21,26-27H2,1-2H3,(H,34,35). The number of rotatable bonds is 21. The van der Waals surface area contributed by atoms with Gasteiger partial charge in [-0.05, 0) is 30.0 Å². The van der Waals surface area contributed by atoms with E-state index in [1.807, 2.05) is 37.3 Å². The third-order valence-corrected chi connectivity index (χ3v) is 7.14. The Kier molecular flexibility index (Phi) is 15.7. The van der Waals surface area contributed by atoms with Gasteiger partial charge in [0.1, 0.15) is 11.3 Å². The van der Waals surface area contributed by atoms with Crippen LogP contribution in [0.3, 0.4) is 0 Å². The number of hydrogen-bond donors (Lipinski definition) is 1. The lowest BCUT2D eigenvalue weighted by Gasteiger charge is -2.16. The molecule has 0 radical (unpaired) electrons. The second kappa shape index (κ2) is 18.9. The topological polar surface area (TPSA) is 46.5 Å². The Morgan fingerprint density at radius 3 is 1.69 bits per heavy atom. The molecule has 0 unspecified atom stereocenters. The lowest BCUT2D eigenvalue weighted by molar-refractivity contribution is 0.0691. The number of unbranched alkanes of at least 4 members (excludes halogenated alkanes) is 15. The molecule has 36 heavy (non-hydrogen) atoms. The van der Waals surface area contributed by atoms with E-state index in [0.717, 1.165) is 29.5 Å². The summed E-state index contributed by atoms with van der Waals surface area (Å²) in [5.74, 6) is -0.364. The van der Waals surface area contributed by atoms with Crippen LogP contribution >= 0.6 is 0 Å². The summed E-state index contributed by atoms with van der Waals surface area (Å²) in [6.45, 7) is 4.70. The van der Waals surface area contributed by atoms with Gasteiger partial charge < -0.3 is 9.84 Å². The summed E-state index contributed by atoms with van der Waals surface area (Å²) in [5.41, 5.74) is 3.16. The van der Waals surface area contributed by atoms with E-state index in [1.54, 1.807) is 0 Å². The largest absolute Gasteiger partial charge is 0.492 e. The van der Waals surface area contributed by atoms with Crippen molar-refractivity contribution in [1.82, 2.24) is 0 Å². The number of carboxylic acids is 1. The van der Waals surface area contributed by atoms with Gasteiger partial charge in [0.2, 0.25) is 0 Å². The summed E-state index contributed by atoms with van der Waals surface area (Å²) < 4.78 is 6.12. The molecule has 0 atom stereocenters. The van der Waals surface area contributed by atoms with Crippen LogP contribution in [0.2, 0.25) is 0 Å². The minimum atomic E-state index is -0.913. The molecule has 0 saturated heterocycles. The molecule has 0 aromatic heterocycles. The third kappa shape index (κ3) is 12.1. The van der Waals surface area contributed by atoms with Crippen LogP contribution < -0.4 is 4.74 Å². The number of benzene rings is 2. The smallest absolute Gasteiger partial charge is 0.339 e. The van der Waals surface area contributed by atoms with Crippen LogP contribution in [0.5, 0.6) is 5.75 Å². The number of carbonyl (C=O) groups is 1. The van der Waals surface area contributed by atoms with Crippen LogP contribution in [0.1, 0.15) is 137 Å². The van der Waals surface area contributed by atoms with Crippen LogP contribution in [0.15, 0.2) is 42.5 Å². The predicted octanol–water partition coefficient (Wildman–Crippen LogP) is 9.92. The maximum atomic E-state index is 11.9. The molecular weight excluding hydrogens is 444 g/mol. The average Bonchev–Trinajstić information content (AvgIpc) is 2.87. The van der Waals surface area contributed by atoms with Crippen molar-refractivity contribution in [2.24, 2.45) is 0 Å². The highest BCUT2D eigenvalue weighted by molar-refractivity contribution is 5.93. The number of ether oxygens (including phenoxy) is 1. The average molecular weight is 495 g/mol. The fourth-order valence-corrected chi connectivity index (χ4v) is 4.93. The second-order valence-electron chi connectivity index (χ2n) is 10.4. The van der Waals surface area contributed by atoms with Crippen LogP contribution in [-0.4, -0.2) is 17.7 Å². The molecule has 2 aromatic carbocycles. The van der Waals surface area contributed by atoms with E-state index in [-0.39, 0.29) is 0 Å². The van der Waals surface area contributed by atoms with Crippen LogP contribution in [-0.2, 0) is 6.42 Å². The fraction of sp³-hybridized carbons (Fsp3) is 0.606. The van der Waals surface area contributed by atoms with E-state index in [2.05, 4.69) is 19.1 Å². The fourth-order valence-electron chi connectivity index (χ4n) is 4.93. The molecule has 2 rings (SSSR count). The summed E-state index contributed by atoms with van der Waals surface area (Å²) >= 11 is 0. The molecule has 0 bridgehead atoms. The first-order valence-corrected chi connectivity index (χ1v) is 14.7. The van der Waals surface area contributed by atoms with Gasteiger partial charge in [-0.1, -0.05) is 146 Å². The molecule has 200 valence electrons. The Morgan fingerprint density at radius 2 is 1.19 bits per heavy atom. The monoisotopic (exact) mass is 494 g/mol. The zero-order valence-electron chi connectivity index (χ0n) is 23.0. The Balaban J connectivity index is 1.59. The Hall–Kier alpha value is -2.29. The number of carboxylic acid groups (broad SMARTS) is 1. The minimum Gasteiger partial charge on any atom is -0.492 e. The van der Waals surface area contributed by atoms with Gasteiger partial charge in [0.15, 0.2) is 0 Å². The molecule has 2 aromatic rings. The molecule has 0 spiro atoms. The van der Waals surface area contributed by atoms with E-state index >= 15 is 0 Å². The third-order valence-electron chi connectivity index (χ3n) is 7.14. The number of hydrogen-bond acceptors (Lipinski definition) is 2. The van der Waals surface area contributed by atoms with Crippen LogP contribution in [0.25, 0.3) is 0 Å². The summed E-state index contributed by atoms with van der Waals surface area (Å²) in [5, 5.41) is 9.80. The van der Waals surface area contributed by atoms with E-state index in [1.165, 1.54) is 89.9 Å². The molecule has 3 nitrogen and oxygen atoms in total. The van der Waals surface area contributed by atoms with Gasteiger partial charge >= 0.3 is 5.97 Å². The molecule has 0 aliphatic rings. The zero-order valence-corrected chi connectivity index (χ0v) is 23.0. The normalized spacial score (nSPS) is 11.1. The zero-order chi connectivity index (χ0) is 25.8. The van der Waals surface area contributed by atoms with Crippen molar-refractivity contribution in [3.05, 3.63) is 64.7 Å². The summed E-state index contributed by atoms with van der Waals surface area (Å²) in [4.78, 5) is 11.9. The molecule has 0 aliphatic carbocycles. The molecular formula is C33H50O3. The van der Waals surface area contributed by atoms with E-state index in [0.29, 0.717) is 24.3 Å². The number of aryl methyl sites for hydroxylation is 1. The molecule has 0 amide bonds. The quantitative estimate of drug-likeness (QED) is 0.176. The van der Waals surface area contributed by atoms with Crippen molar-refractivity contribution in [3.8, 4) is 5.75 Å². The van der Waals surface area contributed by atoms with Crippen molar-refractivity contribution in [1.29, 1.82) is 0 Å². The van der Waals surface area contributed by atoms with Gasteiger partial charge in [0, 0.05) is 6.42 Å². The van der Waals surface area contributed by atoms with Gasteiger partial charge in [-0.2, -0.15) is 0 Å². The predicted molar refractivity (Wildman–Crippen MR) is 152 cm³/mol. The van der Waals surface area contributed by atoms with Crippen molar-refractivity contribution in [3.63, 3.8) is 0 Å². The summed E-state index contributed by atoms with van der Waals surface area (Å²) in [7, 11) is 0. The lowest BCUT2D eigenvalue weighted by atomic mass is 9.98. The molecule has 0 fully saturated rings. The first-order chi connectivity index (χ1) is 17.6. The lowest BCUT2D eigenvalue weighted by Crippen LogP contribution is -2.09. The number of aromatic carboxylic acids is 1. The molecule has 0 heterocycles. The maximum absolute atomic E-state index is 11.9. The highest BCUT2D eigenvalue weighted by atomic mass is 16.5. The maximum Gasteiger partial charge on any atom is 0.339 e. The van der Waals surface area contributed by atoms with Crippen LogP contribution in [0, 0.1) is 6.92 Å². The summed E-state index contributed by atoms with van der Waals surface area (Å²) in [6, 6.07) is 14.1. The molecule has 3 heteroatoms. The van der Waals surface area contributed by atoms with Gasteiger partial charge in [-0.15, -0.1) is 0 Å². The highest BCUT2D eigenvalue weighted by Crippen LogP contribution is 2.30. The van der Waals surface area contributed by atoms with Gasteiger partial charge in [0.05, 0.1) is 6.61 Å². The SMILES string of the molecule is CCCCCCCCCCCCCCCCCCOc1c(Cc2ccccc2)ccc(C)c1C(=O)O. The summed E-state index contributed by atoms with van der Waals surface area (Å²) in [6.07, 6.45) is 22.1. The molecule has 0 aliphatic heterocycles. The van der Waals surface area contributed by atoms with Gasteiger partial charge in [-0.25, -0.2) is 4.79 Å². The van der Waals surface area contributed by atoms with E-state index in [9.17, 15) is 9.90 Å². The highest BCUT2D eigenvalue weighted by Gasteiger charge is 2.19. The molecule has 0 saturated carbocycles. The Morgan fingerprint density at radius 1 is 0.694 bits per heavy atom. The second-order valence-corrected chi connectivity index (χ2v) is 10.4. The molecule has 1 N–H and O–H groups in total. The van der Waals surface area contributed by atoms with Crippen LogP contribution in [0.4, 0.5) is 0 Å². The van der Waals surface area contributed by atoms with Crippen molar-refractivity contribution in [2.45, 2.75) is 123 Å². The van der Waals surface area contributed by atoms with Gasteiger partial charge in [-0.3, -0.25) is 0 Å². The van der Waals surface area contributed by atoms with Crippen molar-refractivity contribution < 1.29 is 14.6 Å². The Labute approximate surface area is 220 Å². The first-order valence-electron chi connectivity index (χ1n) is 14.7.